The lowest BCUT2D eigenvalue weighted by Crippen LogP contribution is -2.33. The average molecular weight is 442 g/mol. The molecule has 0 aliphatic heterocycles. The summed E-state index contributed by atoms with van der Waals surface area (Å²) in [5.41, 5.74) is 1.01. The Morgan fingerprint density at radius 1 is 1.11 bits per heavy atom. The normalized spacial score (nSPS) is 13.0. The van der Waals surface area contributed by atoms with E-state index >= 15 is 0 Å². The topological polar surface area (TPSA) is 55.8 Å². The van der Waals surface area contributed by atoms with Crippen molar-refractivity contribution in [1.29, 1.82) is 0 Å². The monoisotopic (exact) mass is 441 g/mol. The molecule has 152 valence electrons. The molecule has 0 N–H and O–H groups in total. The quantitative estimate of drug-likeness (QED) is 0.415. The summed E-state index contributed by atoms with van der Waals surface area (Å²) in [6, 6.07) is 8.00. The van der Waals surface area contributed by atoms with E-state index in [1.807, 2.05) is 65.8 Å². The standard InChI is InChI=1S/C21H32BrNO4/c1-8-26-18(24)21(5,6)13-17(22)16-11-9-15(10-12-16)14-23(7)19(25)27-20(2,3)4/h9-12,17H,8,13-14H2,1-7H3. The van der Waals surface area contributed by atoms with Crippen LogP contribution in [0, 0.1) is 5.41 Å². The third kappa shape index (κ3) is 7.91. The molecule has 1 rings (SSSR count). The zero-order valence-electron chi connectivity index (χ0n) is 17.5. The molecule has 1 amide bonds. The Balaban J connectivity index is 2.70. The zero-order valence-corrected chi connectivity index (χ0v) is 19.1. The van der Waals surface area contributed by atoms with Crippen LogP contribution in [0.4, 0.5) is 4.79 Å². The average Bonchev–Trinajstić information content (AvgIpc) is 2.53. The minimum absolute atomic E-state index is 0.0366. The van der Waals surface area contributed by atoms with Crippen molar-refractivity contribution in [3.8, 4) is 0 Å². The number of esters is 1. The molecule has 1 aromatic carbocycles. The maximum absolute atomic E-state index is 12.1. The molecule has 1 aromatic rings. The smallest absolute Gasteiger partial charge is 0.410 e. The molecule has 0 aromatic heterocycles. The van der Waals surface area contributed by atoms with Crippen molar-refractivity contribution in [2.45, 2.75) is 64.9 Å². The number of hydrogen-bond acceptors (Lipinski definition) is 4. The highest BCUT2D eigenvalue weighted by molar-refractivity contribution is 9.09. The van der Waals surface area contributed by atoms with Gasteiger partial charge in [0.1, 0.15) is 5.60 Å². The van der Waals surface area contributed by atoms with E-state index in [1.54, 1.807) is 11.9 Å². The van der Waals surface area contributed by atoms with Crippen molar-refractivity contribution in [1.82, 2.24) is 4.90 Å². The highest BCUT2D eigenvalue weighted by Gasteiger charge is 2.32. The lowest BCUT2D eigenvalue weighted by molar-refractivity contribution is -0.153. The molecule has 0 aliphatic carbocycles. The summed E-state index contributed by atoms with van der Waals surface area (Å²) in [5.74, 6) is -0.190. The third-order valence-corrected chi connectivity index (χ3v) is 4.84. The van der Waals surface area contributed by atoms with E-state index in [1.165, 1.54) is 0 Å². The number of rotatable bonds is 7. The van der Waals surface area contributed by atoms with Crippen molar-refractivity contribution < 1.29 is 19.1 Å². The summed E-state index contributed by atoms with van der Waals surface area (Å²) >= 11 is 3.68. The molecule has 27 heavy (non-hydrogen) atoms. The maximum atomic E-state index is 12.1. The Labute approximate surface area is 171 Å². The lowest BCUT2D eigenvalue weighted by Gasteiger charge is -2.26. The number of benzene rings is 1. The highest BCUT2D eigenvalue weighted by Crippen LogP contribution is 2.36. The maximum Gasteiger partial charge on any atom is 0.410 e. The van der Waals surface area contributed by atoms with Crippen LogP contribution in [0.15, 0.2) is 24.3 Å². The first-order chi connectivity index (χ1) is 12.4. The van der Waals surface area contributed by atoms with Gasteiger partial charge in [0, 0.05) is 18.4 Å². The Morgan fingerprint density at radius 2 is 1.67 bits per heavy atom. The number of hydrogen-bond donors (Lipinski definition) is 0. The summed E-state index contributed by atoms with van der Waals surface area (Å²) in [6.07, 6.45) is 0.282. The summed E-state index contributed by atoms with van der Waals surface area (Å²) in [7, 11) is 1.72. The highest BCUT2D eigenvalue weighted by atomic mass is 79.9. The number of carbonyl (C=O) groups is 2. The molecular formula is C21H32BrNO4. The molecule has 0 fully saturated rings. The zero-order chi connectivity index (χ0) is 20.8. The minimum atomic E-state index is -0.570. The molecule has 1 atom stereocenters. The van der Waals surface area contributed by atoms with E-state index in [9.17, 15) is 9.59 Å². The van der Waals surface area contributed by atoms with E-state index < -0.39 is 11.0 Å². The van der Waals surface area contributed by atoms with Gasteiger partial charge < -0.3 is 14.4 Å². The molecule has 0 aliphatic rings. The Morgan fingerprint density at radius 3 is 2.15 bits per heavy atom. The minimum Gasteiger partial charge on any atom is -0.466 e. The fourth-order valence-electron chi connectivity index (χ4n) is 2.49. The number of amides is 1. The summed E-state index contributed by atoms with van der Waals surface area (Å²) in [5, 5.41) is 0. The van der Waals surface area contributed by atoms with Crippen LogP contribution in [0.3, 0.4) is 0 Å². The molecule has 0 spiro atoms. The van der Waals surface area contributed by atoms with E-state index in [0.717, 1.165) is 11.1 Å². The van der Waals surface area contributed by atoms with Crippen LogP contribution >= 0.6 is 15.9 Å². The van der Waals surface area contributed by atoms with Crippen molar-refractivity contribution in [2.24, 2.45) is 5.41 Å². The molecule has 0 heterocycles. The second kappa shape index (κ2) is 9.58. The predicted octanol–water partition coefficient (Wildman–Crippen LogP) is 5.47. The van der Waals surface area contributed by atoms with Crippen LogP contribution in [-0.2, 0) is 20.8 Å². The second-order valence-electron chi connectivity index (χ2n) is 8.35. The molecule has 1 unspecified atom stereocenters. The van der Waals surface area contributed by atoms with Gasteiger partial charge in [0.2, 0.25) is 0 Å². The number of carbonyl (C=O) groups excluding carboxylic acids is 2. The van der Waals surface area contributed by atoms with E-state index in [-0.39, 0.29) is 16.9 Å². The first-order valence-corrected chi connectivity index (χ1v) is 10.1. The van der Waals surface area contributed by atoms with Crippen molar-refractivity contribution in [3.05, 3.63) is 35.4 Å². The number of ether oxygens (including phenoxy) is 2. The van der Waals surface area contributed by atoms with Crippen molar-refractivity contribution >= 4 is 28.0 Å². The van der Waals surface area contributed by atoms with Crippen molar-refractivity contribution in [3.63, 3.8) is 0 Å². The molecule has 0 radical (unpaired) electrons. The predicted molar refractivity (Wildman–Crippen MR) is 111 cm³/mol. The van der Waals surface area contributed by atoms with Gasteiger partial charge in [-0.2, -0.15) is 0 Å². The van der Waals surface area contributed by atoms with Gasteiger partial charge in [-0.3, -0.25) is 4.79 Å². The van der Waals surface area contributed by atoms with Gasteiger partial charge in [-0.05, 0) is 59.1 Å². The third-order valence-electron chi connectivity index (χ3n) is 3.98. The van der Waals surface area contributed by atoms with E-state index in [0.29, 0.717) is 19.6 Å². The van der Waals surface area contributed by atoms with Crippen LogP contribution < -0.4 is 0 Å². The van der Waals surface area contributed by atoms with Gasteiger partial charge >= 0.3 is 12.1 Å². The van der Waals surface area contributed by atoms with Gasteiger partial charge in [0.25, 0.3) is 0 Å². The van der Waals surface area contributed by atoms with E-state index in [2.05, 4.69) is 15.9 Å². The van der Waals surface area contributed by atoms with Crippen LogP contribution in [-0.4, -0.2) is 36.2 Å². The van der Waals surface area contributed by atoms with Crippen LogP contribution in [0.1, 0.15) is 63.9 Å². The molecule has 0 saturated carbocycles. The number of halogens is 1. The first kappa shape index (κ1) is 23.5. The number of nitrogens with zero attached hydrogens (tertiary/aromatic N) is 1. The molecule has 0 saturated heterocycles. The fraction of sp³-hybridized carbons (Fsp3) is 0.619. The van der Waals surface area contributed by atoms with Gasteiger partial charge in [-0.25, -0.2) is 4.79 Å². The molecule has 5 nitrogen and oxygen atoms in total. The first-order valence-electron chi connectivity index (χ1n) is 9.20. The molecule has 0 bridgehead atoms. The van der Waals surface area contributed by atoms with Crippen molar-refractivity contribution in [2.75, 3.05) is 13.7 Å². The summed E-state index contributed by atoms with van der Waals surface area (Å²) in [4.78, 5) is 25.7. The van der Waals surface area contributed by atoms with Crippen LogP contribution in [0.2, 0.25) is 0 Å². The van der Waals surface area contributed by atoms with Gasteiger partial charge in [0.15, 0.2) is 0 Å². The second-order valence-corrected chi connectivity index (χ2v) is 9.46. The largest absolute Gasteiger partial charge is 0.466 e. The lowest BCUT2D eigenvalue weighted by atomic mass is 9.86. The van der Waals surface area contributed by atoms with Gasteiger partial charge in [-0.1, -0.05) is 40.2 Å². The summed E-state index contributed by atoms with van der Waals surface area (Å²) < 4.78 is 10.5. The Kier molecular flexibility index (Phi) is 8.33. The Bertz CT molecular complexity index is 635. The van der Waals surface area contributed by atoms with Crippen LogP contribution in [0.25, 0.3) is 0 Å². The van der Waals surface area contributed by atoms with Gasteiger partial charge in [0.05, 0.1) is 12.0 Å². The number of alkyl halides is 1. The molecule has 6 heteroatoms. The van der Waals surface area contributed by atoms with E-state index in [4.69, 9.17) is 9.47 Å². The molecular weight excluding hydrogens is 410 g/mol. The SMILES string of the molecule is CCOC(=O)C(C)(C)CC(Br)c1ccc(CN(C)C(=O)OC(C)(C)C)cc1. The van der Waals surface area contributed by atoms with Crippen LogP contribution in [0.5, 0.6) is 0 Å². The summed E-state index contributed by atoms with van der Waals surface area (Å²) in [6.45, 7) is 12.0. The fourth-order valence-corrected chi connectivity index (χ4v) is 3.60. The Hall–Kier alpha value is -1.56. The van der Waals surface area contributed by atoms with Gasteiger partial charge in [-0.15, -0.1) is 0 Å².